The van der Waals surface area contributed by atoms with Gasteiger partial charge in [-0.3, -0.25) is 0 Å². The highest BCUT2D eigenvalue weighted by Crippen LogP contribution is 2.12. The van der Waals surface area contributed by atoms with E-state index in [2.05, 4.69) is 9.98 Å². The summed E-state index contributed by atoms with van der Waals surface area (Å²) in [6.07, 6.45) is 7.12. The average molecular weight is 148 g/mol. The van der Waals surface area contributed by atoms with E-state index in [9.17, 15) is 0 Å². The molecule has 0 fully saturated rings. The van der Waals surface area contributed by atoms with Gasteiger partial charge in [0.1, 0.15) is 6.34 Å². The summed E-state index contributed by atoms with van der Waals surface area (Å²) in [6.45, 7) is 0. The van der Waals surface area contributed by atoms with Crippen LogP contribution in [0, 0.1) is 0 Å². The maximum absolute atomic E-state index is 4.94. The quantitative estimate of drug-likeness (QED) is 0.475. The van der Waals surface area contributed by atoms with Crippen molar-refractivity contribution in [3.8, 4) is 0 Å². The van der Waals surface area contributed by atoms with Crippen LogP contribution in [0.25, 0.3) is 0 Å². The lowest BCUT2D eigenvalue weighted by atomic mass is 10.1. The van der Waals surface area contributed by atoms with Gasteiger partial charge >= 0.3 is 0 Å². The lowest BCUT2D eigenvalue weighted by molar-refractivity contribution is 1.52. The standard InChI is InChI=1S/C7H4N2S/c10-5-1-2-6-7(3-5)9-4-8-6/h1-4H. The van der Waals surface area contributed by atoms with E-state index in [1.807, 2.05) is 18.2 Å². The molecule has 1 heterocycles. The molecule has 0 aromatic carbocycles. The molecular formula is C7H4N2S. The molecular weight excluding hydrogens is 144 g/mol. The summed E-state index contributed by atoms with van der Waals surface area (Å²) in [4.78, 5) is 8.82. The molecule has 0 aromatic rings. The molecule has 0 spiro atoms. The monoisotopic (exact) mass is 148 g/mol. The highest BCUT2D eigenvalue weighted by atomic mass is 32.1. The minimum absolute atomic E-state index is 0.813. The third kappa shape index (κ3) is 0.752. The van der Waals surface area contributed by atoms with E-state index >= 15 is 0 Å². The summed E-state index contributed by atoms with van der Waals surface area (Å²) in [5, 5.41) is 0. The molecule has 48 valence electrons. The smallest absolute Gasteiger partial charge is 0.116 e. The number of fused-ring (bicyclic) bond motifs is 1. The van der Waals surface area contributed by atoms with Gasteiger partial charge in [-0.25, -0.2) is 9.98 Å². The number of rotatable bonds is 0. The number of allylic oxidation sites excluding steroid dienone is 3. The average Bonchev–Trinajstić information content (AvgIpc) is 2.33. The topological polar surface area (TPSA) is 24.7 Å². The zero-order chi connectivity index (χ0) is 6.97. The van der Waals surface area contributed by atoms with Gasteiger partial charge < -0.3 is 0 Å². The van der Waals surface area contributed by atoms with E-state index in [1.54, 1.807) is 6.34 Å². The van der Waals surface area contributed by atoms with E-state index < -0.39 is 0 Å². The van der Waals surface area contributed by atoms with Crippen LogP contribution >= 0.6 is 12.2 Å². The summed E-state index contributed by atoms with van der Waals surface area (Å²) in [5.74, 6) is 0. The molecule has 0 atom stereocenters. The Morgan fingerprint density at radius 2 is 2.20 bits per heavy atom. The van der Waals surface area contributed by atoms with Gasteiger partial charge in [0.25, 0.3) is 0 Å². The maximum atomic E-state index is 4.94. The SMILES string of the molecule is S=C1C=CC2=NC=NC2=C1. The zero-order valence-corrected chi connectivity index (χ0v) is 5.93. The third-order valence-electron chi connectivity index (χ3n) is 1.34. The minimum atomic E-state index is 0.813. The van der Waals surface area contributed by atoms with E-state index in [0.717, 1.165) is 16.3 Å². The molecule has 3 heteroatoms. The van der Waals surface area contributed by atoms with Gasteiger partial charge in [-0.2, -0.15) is 0 Å². The van der Waals surface area contributed by atoms with Crippen LogP contribution in [0.15, 0.2) is 33.9 Å². The van der Waals surface area contributed by atoms with Crippen molar-refractivity contribution in [3.05, 3.63) is 23.9 Å². The van der Waals surface area contributed by atoms with Crippen molar-refractivity contribution in [1.29, 1.82) is 0 Å². The van der Waals surface area contributed by atoms with Crippen molar-refractivity contribution in [2.45, 2.75) is 0 Å². The minimum Gasteiger partial charge on any atom is -0.235 e. The van der Waals surface area contributed by atoms with Crippen LogP contribution in [0.4, 0.5) is 0 Å². The Morgan fingerprint density at radius 1 is 1.30 bits per heavy atom. The van der Waals surface area contributed by atoms with Gasteiger partial charge in [-0.1, -0.05) is 12.2 Å². The molecule has 0 amide bonds. The fourth-order valence-electron chi connectivity index (χ4n) is 0.869. The number of hydrogen-bond acceptors (Lipinski definition) is 3. The first-order valence-electron chi connectivity index (χ1n) is 2.91. The van der Waals surface area contributed by atoms with Crippen molar-refractivity contribution in [3.63, 3.8) is 0 Å². The number of thiocarbonyl (C=S) groups is 1. The molecule has 0 bridgehead atoms. The Bertz CT molecular complexity index is 308. The highest BCUT2D eigenvalue weighted by Gasteiger charge is 2.10. The van der Waals surface area contributed by atoms with Gasteiger partial charge in [0.2, 0.25) is 0 Å². The zero-order valence-electron chi connectivity index (χ0n) is 5.11. The van der Waals surface area contributed by atoms with Crippen LogP contribution in [0.1, 0.15) is 0 Å². The summed E-state index contributed by atoms with van der Waals surface area (Å²) in [7, 11) is 0. The second kappa shape index (κ2) is 1.95. The van der Waals surface area contributed by atoms with Crippen molar-refractivity contribution in [1.82, 2.24) is 0 Å². The first kappa shape index (κ1) is 5.68. The summed E-state index contributed by atoms with van der Waals surface area (Å²) < 4.78 is 0. The largest absolute Gasteiger partial charge is 0.235 e. The molecule has 1 aliphatic heterocycles. The third-order valence-corrected chi connectivity index (χ3v) is 1.59. The molecule has 0 saturated heterocycles. The van der Waals surface area contributed by atoms with Crippen LogP contribution in [0.5, 0.6) is 0 Å². The lowest BCUT2D eigenvalue weighted by Gasteiger charge is -1.99. The summed E-state index contributed by atoms with van der Waals surface area (Å²) in [6, 6.07) is 0. The lowest BCUT2D eigenvalue weighted by Crippen LogP contribution is -2.01. The Balaban J connectivity index is 2.51. The van der Waals surface area contributed by atoms with Gasteiger partial charge in [0.15, 0.2) is 0 Å². The van der Waals surface area contributed by atoms with Gasteiger partial charge in [0, 0.05) is 4.86 Å². The molecule has 0 N–H and O–H groups in total. The number of aliphatic imine (C=N–C) groups is 2. The Kier molecular flexibility index (Phi) is 1.11. The molecule has 2 rings (SSSR count). The number of nitrogens with zero attached hydrogens (tertiary/aromatic N) is 2. The van der Waals surface area contributed by atoms with E-state index in [1.165, 1.54) is 0 Å². The Hall–Kier alpha value is -1.09. The molecule has 1 aliphatic carbocycles. The highest BCUT2D eigenvalue weighted by molar-refractivity contribution is 7.81. The van der Waals surface area contributed by atoms with Gasteiger partial charge in [-0.05, 0) is 18.2 Å². The summed E-state index contributed by atoms with van der Waals surface area (Å²) in [5.41, 5.74) is 1.79. The number of hydrogen-bond donors (Lipinski definition) is 0. The molecule has 2 aliphatic rings. The Morgan fingerprint density at radius 3 is 3.10 bits per heavy atom. The van der Waals surface area contributed by atoms with E-state index in [0.29, 0.717) is 0 Å². The fraction of sp³-hybridized carbons (Fsp3) is 0. The van der Waals surface area contributed by atoms with E-state index in [4.69, 9.17) is 12.2 Å². The molecule has 10 heavy (non-hydrogen) atoms. The van der Waals surface area contributed by atoms with Crippen LogP contribution < -0.4 is 0 Å². The normalized spacial score (nSPS) is 20.6. The van der Waals surface area contributed by atoms with Crippen LogP contribution in [-0.2, 0) is 0 Å². The van der Waals surface area contributed by atoms with E-state index in [-0.39, 0.29) is 0 Å². The van der Waals surface area contributed by atoms with Crippen molar-refractivity contribution >= 4 is 29.1 Å². The van der Waals surface area contributed by atoms with Crippen LogP contribution in [-0.4, -0.2) is 16.9 Å². The van der Waals surface area contributed by atoms with Crippen molar-refractivity contribution in [2.24, 2.45) is 9.98 Å². The van der Waals surface area contributed by atoms with Gasteiger partial charge in [0.05, 0.1) is 11.4 Å². The molecule has 0 radical (unpaired) electrons. The molecule has 0 saturated carbocycles. The molecule has 0 aromatic heterocycles. The second-order valence-electron chi connectivity index (χ2n) is 2.02. The first-order valence-corrected chi connectivity index (χ1v) is 3.31. The maximum Gasteiger partial charge on any atom is 0.116 e. The second-order valence-corrected chi connectivity index (χ2v) is 2.50. The van der Waals surface area contributed by atoms with Crippen molar-refractivity contribution < 1.29 is 0 Å². The molecule has 2 nitrogen and oxygen atoms in total. The summed E-state index contributed by atoms with van der Waals surface area (Å²) >= 11 is 4.94. The van der Waals surface area contributed by atoms with Crippen LogP contribution in [0.2, 0.25) is 0 Å². The first-order chi connectivity index (χ1) is 4.86. The fourth-order valence-corrected chi connectivity index (χ4v) is 1.05. The van der Waals surface area contributed by atoms with Crippen molar-refractivity contribution in [2.75, 3.05) is 0 Å². The predicted molar refractivity (Wildman–Crippen MR) is 45.7 cm³/mol. The predicted octanol–water partition coefficient (Wildman–Crippen LogP) is 1.29. The Labute approximate surface area is 63.7 Å². The molecule has 0 unspecified atom stereocenters. The van der Waals surface area contributed by atoms with Gasteiger partial charge in [-0.15, -0.1) is 0 Å². The van der Waals surface area contributed by atoms with Crippen LogP contribution in [0.3, 0.4) is 0 Å².